The fourth-order valence-electron chi connectivity index (χ4n) is 2.85. The van der Waals surface area contributed by atoms with Crippen molar-refractivity contribution in [1.82, 2.24) is 0 Å². The molecule has 0 heterocycles. The van der Waals surface area contributed by atoms with Gasteiger partial charge in [0.05, 0.1) is 9.79 Å². The van der Waals surface area contributed by atoms with Gasteiger partial charge >= 0.3 is 0 Å². The van der Waals surface area contributed by atoms with E-state index in [1.54, 1.807) is 72.8 Å². The van der Waals surface area contributed by atoms with Gasteiger partial charge in [0, 0.05) is 11.4 Å². The Morgan fingerprint density at radius 3 is 1.00 bits per heavy atom. The predicted molar refractivity (Wildman–Crippen MR) is 120 cm³/mol. The van der Waals surface area contributed by atoms with Crippen molar-refractivity contribution in [3.63, 3.8) is 0 Å². The van der Waals surface area contributed by atoms with Gasteiger partial charge in [0.25, 0.3) is 0 Å². The van der Waals surface area contributed by atoms with Crippen molar-refractivity contribution >= 4 is 21.2 Å². The molecule has 0 spiro atoms. The third-order valence-electron chi connectivity index (χ3n) is 4.50. The highest BCUT2D eigenvalue weighted by molar-refractivity contribution is 7.91. The smallest absolute Gasteiger partial charge is 0.206 e. The molecule has 31 heavy (non-hydrogen) atoms. The first-order valence-corrected chi connectivity index (χ1v) is 10.9. The van der Waals surface area contributed by atoms with Gasteiger partial charge in [0.15, 0.2) is 0 Å². The van der Waals surface area contributed by atoms with Crippen molar-refractivity contribution in [3.05, 3.63) is 97.1 Å². The van der Waals surface area contributed by atoms with Crippen LogP contribution in [0.4, 0.5) is 11.4 Å². The lowest BCUT2D eigenvalue weighted by atomic mass is 10.3. The molecule has 6 nitrogen and oxygen atoms in total. The normalized spacial score (nSPS) is 11.1. The van der Waals surface area contributed by atoms with E-state index in [0.717, 1.165) is 0 Å². The summed E-state index contributed by atoms with van der Waals surface area (Å²) in [4.78, 5) is 0.341. The first kappa shape index (κ1) is 20.3. The van der Waals surface area contributed by atoms with E-state index in [1.807, 2.05) is 0 Å². The molecule has 156 valence electrons. The molecule has 4 rings (SSSR count). The van der Waals surface area contributed by atoms with Gasteiger partial charge in [-0.25, -0.2) is 8.42 Å². The van der Waals surface area contributed by atoms with Crippen LogP contribution in [0.5, 0.6) is 23.0 Å². The van der Waals surface area contributed by atoms with Gasteiger partial charge in [-0.15, -0.1) is 0 Å². The second-order valence-corrected chi connectivity index (χ2v) is 8.74. The van der Waals surface area contributed by atoms with Crippen LogP contribution in [-0.2, 0) is 9.84 Å². The minimum atomic E-state index is -3.67. The Morgan fingerprint density at radius 2 is 0.710 bits per heavy atom. The summed E-state index contributed by atoms with van der Waals surface area (Å²) in [6.45, 7) is 0. The van der Waals surface area contributed by atoms with Crippen molar-refractivity contribution in [2.24, 2.45) is 0 Å². The second kappa shape index (κ2) is 8.41. The number of hydrogen-bond donors (Lipinski definition) is 2. The number of nitrogen functional groups attached to an aromatic ring is 2. The lowest BCUT2D eigenvalue weighted by Crippen LogP contribution is -2.01. The van der Waals surface area contributed by atoms with E-state index in [2.05, 4.69) is 0 Å². The number of ether oxygens (including phenoxy) is 2. The molecule has 4 aromatic carbocycles. The molecule has 0 saturated heterocycles. The van der Waals surface area contributed by atoms with Crippen LogP contribution in [0.2, 0.25) is 0 Å². The molecule has 0 aromatic heterocycles. The Hall–Kier alpha value is -3.97. The highest BCUT2D eigenvalue weighted by Gasteiger charge is 2.18. The Labute approximate surface area is 180 Å². The number of nitrogens with two attached hydrogens (primary N) is 2. The molecule has 0 aliphatic carbocycles. The SMILES string of the molecule is Nc1ccc(Oc2ccc(S(=O)(=O)c3ccc(Oc4ccc(N)cc4)cc3)cc2)cc1. The summed E-state index contributed by atoms with van der Waals surface area (Å²) in [7, 11) is -3.67. The standard InChI is InChI=1S/C24H20N2O4S/c25-17-1-5-19(6-2-17)29-21-9-13-23(14-10-21)31(27,28)24-15-11-22(12-16-24)30-20-7-3-18(26)4-8-20/h1-16H,25-26H2. The summed E-state index contributed by atoms with van der Waals surface area (Å²) in [5.74, 6) is 2.27. The Bertz CT molecular complexity index is 1170. The average Bonchev–Trinajstić information content (AvgIpc) is 2.78. The monoisotopic (exact) mass is 432 g/mol. The molecule has 0 unspecified atom stereocenters. The predicted octanol–water partition coefficient (Wildman–Crippen LogP) is 5.27. The van der Waals surface area contributed by atoms with Gasteiger partial charge in [0.1, 0.15) is 23.0 Å². The van der Waals surface area contributed by atoms with Crippen LogP contribution in [0.15, 0.2) is 107 Å². The minimum Gasteiger partial charge on any atom is -0.457 e. The van der Waals surface area contributed by atoms with Gasteiger partial charge in [-0.3, -0.25) is 0 Å². The molecule has 7 heteroatoms. The van der Waals surface area contributed by atoms with E-state index in [9.17, 15) is 8.42 Å². The number of rotatable bonds is 6. The largest absolute Gasteiger partial charge is 0.457 e. The molecule has 0 amide bonds. The van der Waals surface area contributed by atoms with Gasteiger partial charge in [-0.1, -0.05) is 0 Å². The van der Waals surface area contributed by atoms with E-state index in [-0.39, 0.29) is 9.79 Å². The highest BCUT2D eigenvalue weighted by Crippen LogP contribution is 2.28. The summed E-state index contributed by atoms with van der Waals surface area (Å²) in [5, 5.41) is 0. The van der Waals surface area contributed by atoms with E-state index in [4.69, 9.17) is 20.9 Å². The Kier molecular flexibility index (Phi) is 5.51. The van der Waals surface area contributed by atoms with Gasteiger partial charge in [-0.05, 0) is 97.1 Å². The maximum absolute atomic E-state index is 12.9. The molecule has 0 bridgehead atoms. The fourth-order valence-corrected chi connectivity index (χ4v) is 4.11. The molecule has 0 radical (unpaired) electrons. The van der Waals surface area contributed by atoms with Crippen LogP contribution in [-0.4, -0.2) is 8.42 Å². The first-order chi connectivity index (χ1) is 14.9. The van der Waals surface area contributed by atoms with Crippen LogP contribution in [0.25, 0.3) is 0 Å². The molecule has 4 aromatic rings. The van der Waals surface area contributed by atoms with E-state index in [0.29, 0.717) is 34.4 Å². The molecule has 0 fully saturated rings. The summed E-state index contributed by atoms with van der Waals surface area (Å²) in [6.07, 6.45) is 0. The number of anilines is 2. The van der Waals surface area contributed by atoms with Crippen molar-refractivity contribution < 1.29 is 17.9 Å². The summed E-state index contributed by atoms with van der Waals surface area (Å²) in [5.41, 5.74) is 12.6. The zero-order valence-electron chi connectivity index (χ0n) is 16.4. The fraction of sp³-hybridized carbons (Fsp3) is 0. The van der Waals surface area contributed by atoms with Gasteiger partial charge in [-0.2, -0.15) is 0 Å². The van der Waals surface area contributed by atoms with Crippen LogP contribution in [0.3, 0.4) is 0 Å². The van der Waals surface area contributed by atoms with Gasteiger partial charge in [0.2, 0.25) is 9.84 Å². The summed E-state index contributed by atoms with van der Waals surface area (Å²) >= 11 is 0. The number of sulfone groups is 1. The second-order valence-electron chi connectivity index (χ2n) is 6.79. The Morgan fingerprint density at radius 1 is 0.452 bits per heavy atom. The van der Waals surface area contributed by atoms with Crippen molar-refractivity contribution in [2.75, 3.05) is 11.5 Å². The molecule has 4 N–H and O–H groups in total. The topological polar surface area (TPSA) is 105 Å². The third-order valence-corrected chi connectivity index (χ3v) is 6.29. The maximum Gasteiger partial charge on any atom is 0.206 e. The number of benzene rings is 4. The van der Waals surface area contributed by atoms with Crippen LogP contribution in [0, 0.1) is 0 Å². The quantitative estimate of drug-likeness (QED) is 0.402. The third kappa shape index (κ3) is 4.79. The summed E-state index contributed by atoms with van der Waals surface area (Å²) < 4.78 is 37.3. The van der Waals surface area contributed by atoms with E-state index >= 15 is 0 Å². The molecule has 0 aliphatic heterocycles. The van der Waals surface area contributed by atoms with E-state index in [1.165, 1.54) is 24.3 Å². The van der Waals surface area contributed by atoms with Crippen LogP contribution < -0.4 is 20.9 Å². The lowest BCUT2D eigenvalue weighted by Gasteiger charge is -2.09. The first-order valence-electron chi connectivity index (χ1n) is 9.42. The zero-order chi connectivity index (χ0) is 21.8. The Balaban J connectivity index is 1.48. The zero-order valence-corrected chi connectivity index (χ0v) is 17.3. The van der Waals surface area contributed by atoms with Crippen molar-refractivity contribution in [1.29, 1.82) is 0 Å². The summed E-state index contributed by atoms with van der Waals surface area (Å²) in [6, 6.07) is 26.4. The molecule has 0 saturated carbocycles. The van der Waals surface area contributed by atoms with Crippen LogP contribution >= 0.6 is 0 Å². The molecular formula is C24H20N2O4S. The minimum absolute atomic E-state index is 0.171. The molecular weight excluding hydrogens is 412 g/mol. The highest BCUT2D eigenvalue weighted by atomic mass is 32.2. The maximum atomic E-state index is 12.9. The average molecular weight is 433 g/mol. The van der Waals surface area contributed by atoms with Crippen molar-refractivity contribution in [3.8, 4) is 23.0 Å². The molecule has 0 aliphatic rings. The van der Waals surface area contributed by atoms with Gasteiger partial charge < -0.3 is 20.9 Å². The van der Waals surface area contributed by atoms with E-state index < -0.39 is 9.84 Å². The molecule has 0 atom stereocenters. The lowest BCUT2D eigenvalue weighted by molar-refractivity contribution is 0.482. The van der Waals surface area contributed by atoms with Crippen molar-refractivity contribution in [2.45, 2.75) is 9.79 Å². The number of hydrogen-bond acceptors (Lipinski definition) is 6. The van der Waals surface area contributed by atoms with Crippen LogP contribution in [0.1, 0.15) is 0 Å².